The maximum atomic E-state index is 13.5. The molecule has 0 radical (unpaired) electrons. The molecule has 2 aromatic carbocycles. The molecule has 0 aliphatic rings. The van der Waals surface area contributed by atoms with Gasteiger partial charge in [0, 0.05) is 5.56 Å². The molecule has 4 nitrogen and oxygen atoms in total. The molecule has 0 aliphatic heterocycles. The first-order valence-electron chi connectivity index (χ1n) is 5.62. The zero-order valence-corrected chi connectivity index (χ0v) is 9.93. The van der Waals surface area contributed by atoms with Gasteiger partial charge in [0.2, 0.25) is 0 Å². The average molecular weight is 261 g/mol. The summed E-state index contributed by atoms with van der Waals surface area (Å²) in [6.07, 6.45) is 0. The van der Waals surface area contributed by atoms with Crippen LogP contribution >= 0.6 is 0 Å². The van der Waals surface area contributed by atoms with Crippen LogP contribution in [0, 0.1) is 5.82 Å². The maximum absolute atomic E-state index is 13.5. The van der Waals surface area contributed by atoms with Gasteiger partial charge < -0.3 is 15.5 Å². The number of phenols is 2. The predicted octanol–water partition coefficient (Wildman–Crippen LogP) is 2.53. The van der Waals surface area contributed by atoms with Crippen LogP contribution in [0.15, 0.2) is 42.5 Å². The van der Waals surface area contributed by atoms with Gasteiger partial charge in [-0.15, -0.1) is 0 Å². The van der Waals surface area contributed by atoms with Crippen molar-refractivity contribution >= 4 is 11.5 Å². The van der Waals surface area contributed by atoms with E-state index in [2.05, 4.69) is 5.32 Å². The smallest absolute Gasteiger partial charge is 0.196 e. The van der Waals surface area contributed by atoms with Gasteiger partial charge in [0.15, 0.2) is 23.1 Å². The third-order valence-corrected chi connectivity index (χ3v) is 2.63. The SMILES string of the molecule is O=C(CNc1ccc(O)c(O)c1F)c1ccccc1. The summed E-state index contributed by atoms with van der Waals surface area (Å²) in [7, 11) is 0. The number of anilines is 1. The zero-order valence-electron chi connectivity index (χ0n) is 9.93. The van der Waals surface area contributed by atoms with Crippen LogP contribution in [0.2, 0.25) is 0 Å². The summed E-state index contributed by atoms with van der Waals surface area (Å²) in [5.41, 5.74) is 0.470. The van der Waals surface area contributed by atoms with Gasteiger partial charge in [0.25, 0.3) is 0 Å². The fourth-order valence-electron chi connectivity index (χ4n) is 1.59. The average Bonchev–Trinajstić information content (AvgIpc) is 2.45. The second kappa shape index (κ2) is 5.39. The van der Waals surface area contributed by atoms with Crippen LogP contribution in [-0.4, -0.2) is 22.5 Å². The van der Waals surface area contributed by atoms with Crippen molar-refractivity contribution in [2.45, 2.75) is 0 Å². The fourth-order valence-corrected chi connectivity index (χ4v) is 1.59. The summed E-state index contributed by atoms with van der Waals surface area (Å²) < 4.78 is 13.5. The number of nitrogens with one attached hydrogen (secondary N) is 1. The molecule has 0 amide bonds. The number of carbonyl (C=O) groups excluding carboxylic acids is 1. The molecule has 19 heavy (non-hydrogen) atoms. The number of aromatic hydroxyl groups is 2. The molecule has 0 atom stereocenters. The second-order valence-corrected chi connectivity index (χ2v) is 3.94. The summed E-state index contributed by atoms with van der Waals surface area (Å²) in [5, 5.41) is 20.9. The molecule has 3 N–H and O–H groups in total. The molecule has 2 aromatic rings. The van der Waals surface area contributed by atoms with Crippen LogP contribution in [0.4, 0.5) is 10.1 Å². The lowest BCUT2D eigenvalue weighted by Gasteiger charge is -2.08. The minimum Gasteiger partial charge on any atom is -0.504 e. The van der Waals surface area contributed by atoms with Gasteiger partial charge in [-0.3, -0.25) is 4.79 Å². The van der Waals surface area contributed by atoms with Crippen molar-refractivity contribution in [1.29, 1.82) is 0 Å². The largest absolute Gasteiger partial charge is 0.504 e. The minimum absolute atomic E-state index is 0.0421. The highest BCUT2D eigenvalue weighted by molar-refractivity contribution is 5.98. The van der Waals surface area contributed by atoms with E-state index in [1.165, 1.54) is 6.07 Å². The fraction of sp³-hybridized carbons (Fsp3) is 0.0714. The standard InChI is InChI=1S/C14H12FNO3/c15-13-10(6-7-11(17)14(13)19)16-8-12(18)9-4-2-1-3-5-9/h1-7,16-17,19H,8H2. The van der Waals surface area contributed by atoms with Crippen molar-refractivity contribution in [3.63, 3.8) is 0 Å². The van der Waals surface area contributed by atoms with Gasteiger partial charge in [-0.2, -0.15) is 0 Å². The van der Waals surface area contributed by atoms with Crippen molar-refractivity contribution < 1.29 is 19.4 Å². The Morgan fingerprint density at radius 1 is 1.11 bits per heavy atom. The van der Waals surface area contributed by atoms with Crippen LogP contribution in [-0.2, 0) is 0 Å². The predicted molar refractivity (Wildman–Crippen MR) is 69.0 cm³/mol. The maximum Gasteiger partial charge on any atom is 0.196 e. The Morgan fingerprint density at radius 2 is 1.79 bits per heavy atom. The normalized spacial score (nSPS) is 10.2. The number of hydrogen-bond acceptors (Lipinski definition) is 4. The topological polar surface area (TPSA) is 69.6 Å². The lowest BCUT2D eigenvalue weighted by atomic mass is 10.1. The van der Waals surface area contributed by atoms with Crippen LogP contribution in [0.1, 0.15) is 10.4 Å². The lowest BCUT2D eigenvalue weighted by Crippen LogP contribution is -2.14. The summed E-state index contributed by atoms with van der Waals surface area (Å²) in [4.78, 5) is 11.8. The van der Waals surface area contributed by atoms with Crippen LogP contribution in [0.3, 0.4) is 0 Å². The number of phenolic OH excluding ortho intramolecular Hbond substituents is 2. The number of Topliss-reactive ketones (excluding diaryl/α,β-unsaturated/α-hetero) is 1. The molecule has 0 heterocycles. The van der Waals surface area contributed by atoms with E-state index in [1.807, 2.05) is 0 Å². The van der Waals surface area contributed by atoms with Gasteiger partial charge >= 0.3 is 0 Å². The van der Waals surface area contributed by atoms with Gasteiger partial charge in [-0.05, 0) is 12.1 Å². The Kier molecular flexibility index (Phi) is 3.66. The molecular formula is C14H12FNO3. The molecule has 5 heteroatoms. The van der Waals surface area contributed by atoms with Crippen molar-refractivity contribution in [1.82, 2.24) is 0 Å². The summed E-state index contributed by atoms with van der Waals surface area (Å²) >= 11 is 0. The molecule has 0 unspecified atom stereocenters. The van der Waals surface area contributed by atoms with Crippen molar-refractivity contribution in [2.24, 2.45) is 0 Å². The molecule has 98 valence electrons. The second-order valence-electron chi connectivity index (χ2n) is 3.94. The molecule has 0 saturated heterocycles. The number of hydrogen-bond donors (Lipinski definition) is 3. The van der Waals surface area contributed by atoms with Crippen LogP contribution in [0.25, 0.3) is 0 Å². The quantitative estimate of drug-likeness (QED) is 0.449. The van der Waals surface area contributed by atoms with Crippen molar-refractivity contribution in [3.05, 3.63) is 53.8 Å². The molecule has 0 aliphatic carbocycles. The number of carbonyl (C=O) groups is 1. The number of halogens is 1. The van der Waals surface area contributed by atoms with Crippen molar-refractivity contribution in [2.75, 3.05) is 11.9 Å². The van der Waals surface area contributed by atoms with E-state index in [0.717, 1.165) is 6.07 Å². The molecule has 0 fully saturated rings. The highest BCUT2D eigenvalue weighted by Gasteiger charge is 2.13. The van der Waals surface area contributed by atoms with E-state index in [1.54, 1.807) is 30.3 Å². The van der Waals surface area contributed by atoms with Crippen LogP contribution < -0.4 is 5.32 Å². The molecular weight excluding hydrogens is 249 g/mol. The van der Waals surface area contributed by atoms with Crippen LogP contribution in [0.5, 0.6) is 11.5 Å². The Labute approximate surface area is 109 Å². The van der Waals surface area contributed by atoms with Gasteiger partial charge in [-0.1, -0.05) is 30.3 Å². The Bertz CT molecular complexity index is 599. The summed E-state index contributed by atoms with van der Waals surface area (Å²) in [6, 6.07) is 11.0. The first kappa shape index (κ1) is 12.9. The minimum atomic E-state index is -0.985. The van der Waals surface area contributed by atoms with Gasteiger partial charge in [-0.25, -0.2) is 4.39 Å². The molecule has 2 rings (SSSR count). The zero-order chi connectivity index (χ0) is 13.8. The number of benzene rings is 2. The highest BCUT2D eigenvalue weighted by Crippen LogP contribution is 2.32. The third kappa shape index (κ3) is 2.82. The van der Waals surface area contributed by atoms with E-state index < -0.39 is 17.3 Å². The summed E-state index contributed by atoms with van der Waals surface area (Å²) in [6.45, 7) is -0.106. The number of rotatable bonds is 4. The lowest BCUT2D eigenvalue weighted by molar-refractivity contribution is 0.101. The van der Waals surface area contributed by atoms with E-state index in [0.29, 0.717) is 5.56 Å². The van der Waals surface area contributed by atoms with Crippen molar-refractivity contribution in [3.8, 4) is 11.5 Å². The van der Waals surface area contributed by atoms with E-state index >= 15 is 0 Å². The van der Waals surface area contributed by atoms with E-state index in [9.17, 15) is 14.3 Å². The van der Waals surface area contributed by atoms with Gasteiger partial charge in [0.05, 0.1) is 12.2 Å². The molecule has 0 aromatic heterocycles. The monoisotopic (exact) mass is 261 g/mol. The molecule has 0 bridgehead atoms. The van der Waals surface area contributed by atoms with E-state index in [4.69, 9.17) is 5.11 Å². The van der Waals surface area contributed by atoms with E-state index in [-0.39, 0.29) is 18.0 Å². The Hall–Kier alpha value is -2.56. The first-order valence-corrected chi connectivity index (χ1v) is 5.62. The Balaban J connectivity index is 2.08. The first-order chi connectivity index (χ1) is 9.09. The number of ketones is 1. The molecule has 0 saturated carbocycles. The highest BCUT2D eigenvalue weighted by atomic mass is 19.1. The summed E-state index contributed by atoms with van der Waals surface area (Å²) in [5.74, 6) is -2.57. The van der Waals surface area contributed by atoms with Gasteiger partial charge in [0.1, 0.15) is 0 Å². The third-order valence-electron chi connectivity index (χ3n) is 2.63. The molecule has 0 spiro atoms. The Morgan fingerprint density at radius 3 is 2.47 bits per heavy atom.